The highest BCUT2D eigenvalue weighted by Gasteiger charge is 2.14. The molecule has 1 amide bonds. The SMILES string of the molecule is COc1ccc(CCC(=O)NCc2ccccc2CN2CCCC2)cc1C. The van der Waals surface area contributed by atoms with Gasteiger partial charge in [-0.25, -0.2) is 0 Å². The molecule has 144 valence electrons. The lowest BCUT2D eigenvalue weighted by atomic mass is 10.1. The van der Waals surface area contributed by atoms with Crippen LogP contribution in [0.4, 0.5) is 0 Å². The topological polar surface area (TPSA) is 41.6 Å². The number of nitrogens with one attached hydrogen (secondary N) is 1. The maximum atomic E-state index is 12.3. The van der Waals surface area contributed by atoms with E-state index in [-0.39, 0.29) is 5.91 Å². The molecule has 4 nitrogen and oxygen atoms in total. The van der Waals surface area contributed by atoms with Crippen LogP contribution in [0.2, 0.25) is 0 Å². The summed E-state index contributed by atoms with van der Waals surface area (Å²) in [6.45, 7) is 5.98. The summed E-state index contributed by atoms with van der Waals surface area (Å²) in [4.78, 5) is 14.8. The Morgan fingerprint density at radius 1 is 1.11 bits per heavy atom. The van der Waals surface area contributed by atoms with E-state index in [9.17, 15) is 4.79 Å². The molecule has 1 aliphatic heterocycles. The predicted octanol–water partition coefficient (Wildman–Crippen LogP) is 3.85. The highest BCUT2D eigenvalue weighted by Crippen LogP contribution is 2.19. The molecule has 1 aliphatic rings. The molecule has 0 aliphatic carbocycles. The summed E-state index contributed by atoms with van der Waals surface area (Å²) in [5.41, 5.74) is 4.81. The number of benzene rings is 2. The monoisotopic (exact) mass is 366 g/mol. The van der Waals surface area contributed by atoms with E-state index in [0.29, 0.717) is 13.0 Å². The molecule has 0 spiro atoms. The third kappa shape index (κ3) is 5.57. The standard InChI is InChI=1S/C23H30N2O2/c1-18-15-19(9-11-22(18)27-2)10-12-23(26)24-16-20-7-3-4-8-21(20)17-25-13-5-6-14-25/h3-4,7-9,11,15H,5-6,10,12-14,16-17H2,1-2H3,(H,24,26). The summed E-state index contributed by atoms with van der Waals surface area (Å²) in [5, 5.41) is 3.09. The Bertz CT molecular complexity index is 767. The van der Waals surface area contributed by atoms with Gasteiger partial charge in [-0.2, -0.15) is 0 Å². The fourth-order valence-electron chi connectivity index (χ4n) is 3.70. The van der Waals surface area contributed by atoms with Gasteiger partial charge in [0, 0.05) is 19.5 Å². The summed E-state index contributed by atoms with van der Waals surface area (Å²) < 4.78 is 5.29. The van der Waals surface area contributed by atoms with E-state index >= 15 is 0 Å². The molecular weight excluding hydrogens is 336 g/mol. The fourth-order valence-corrected chi connectivity index (χ4v) is 3.70. The molecule has 1 saturated heterocycles. The fraction of sp³-hybridized carbons (Fsp3) is 0.435. The second-order valence-corrected chi connectivity index (χ2v) is 7.33. The third-order valence-electron chi connectivity index (χ3n) is 5.29. The first-order valence-corrected chi connectivity index (χ1v) is 9.85. The minimum Gasteiger partial charge on any atom is -0.496 e. The number of carbonyl (C=O) groups excluding carboxylic acids is 1. The number of amides is 1. The normalized spacial score (nSPS) is 14.3. The summed E-state index contributed by atoms with van der Waals surface area (Å²) in [6, 6.07) is 14.5. The molecule has 4 heteroatoms. The molecule has 0 saturated carbocycles. The van der Waals surface area contributed by atoms with Crippen LogP contribution in [0, 0.1) is 6.92 Å². The van der Waals surface area contributed by atoms with Gasteiger partial charge in [-0.1, -0.05) is 36.4 Å². The number of hydrogen-bond acceptors (Lipinski definition) is 3. The van der Waals surface area contributed by atoms with Crippen molar-refractivity contribution in [2.45, 2.75) is 45.7 Å². The van der Waals surface area contributed by atoms with Crippen LogP contribution in [0.5, 0.6) is 5.75 Å². The largest absolute Gasteiger partial charge is 0.496 e. The van der Waals surface area contributed by atoms with E-state index < -0.39 is 0 Å². The lowest BCUT2D eigenvalue weighted by Crippen LogP contribution is -2.25. The van der Waals surface area contributed by atoms with Crippen LogP contribution in [-0.4, -0.2) is 31.0 Å². The van der Waals surface area contributed by atoms with Crippen molar-refractivity contribution in [2.75, 3.05) is 20.2 Å². The molecule has 1 heterocycles. The number of aryl methyl sites for hydroxylation is 2. The lowest BCUT2D eigenvalue weighted by molar-refractivity contribution is -0.121. The van der Waals surface area contributed by atoms with Crippen molar-refractivity contribution >= 4 is 5.91 Å². The highest BCUT2D eigenvalue weighted by molar-refractivity contribution is 5.76. The molecule has 0 radical (unpaired) electrons. The zero-order valence-electron chi connectivity index (χ0n) is 16.5. The number of methoxy groups -OCH3 is 1. The van der Waals surface area contributed by atoms with Gasteiger partial charge in [-0.3, -0.25) is 9.69 Å². The summed E-state index contributed by atoms with van der Waals surface area (Å²) in [7, 11) is 1.68. The van der Waals surface area contributed by atoms with E-state index in [4.69, 9.17) is 4.74 Å². The van der Waals surface area contributed by atoms with Crippen LogP contribution in [0.3, 0.4) is 0 Å². The number of nitrogens with zero attached hydrogens (tertiary/aromatic N) is 1. The molecule has 1 fully saturated rings. The Hall–Kier alpha value is -2.33. The van der Waals surface area contributed by atoms with Gasteiger partial charge >= 0.3 is 0 Å². The molecule has 0 unspecified atom stereocenters. The number of likely N-dealkylation sites (tertiary alicyclic amines) is 1. The van der Waals surface area contributed by atoms with Crippen molar-refractivity contribution in [3.63, 3.8) is 0 Å². The molecule has 2 aromatic carbocycles. The molecule has 0 aromatic heterocycles. The maximum Gasteiger partial charge on any atom is 0.220 e. The van der Waals surface area contributed by atoms with Gasteiger partial charge in [0.05, 0.1) is 7.11 Å². The first kappa shape index (κ1) is 19.4. The lowest BCUT2D eigenvalue weighted by Gasteiger charge is -2.17. The van der Waals surface area contributed by atoms with Crippen LogP contribution in [0.15, 0.2) is 42.5 Å². The van der Waals surface area contributed by atoms with Gasteiger partial charge in [0.25, 0.3) is 0 Å². The van der Waals surface area contributed by atoms with E-state index in [1.807, 2.05) is 19.1 Å². The average Bonchev–Trinajstić information content (AvgIpc) is 3.19. The van der Waals surface area contributed by atoms with Crippen molar-refractivity contribution in [1.82, 2.24) is 10.2 Å². The molecule has 3 rings (SSSR count). The molecule has 2 aromatic rings. The van der Waals surface area contributed by atoms with E-state index in [1.54, 1.807) is 7.11 Å². The Kier molecular flexibility index (Phi) is 6.88. The van der Waals surface area contributed by atoms with Crippen LogP contribution >= 0.6 is 0 Å². The smallest absolute Gasteiger partial charge is 0.220 e. The zero-order chi connectivity index (χ0) is 19.1. The van der Waals surface area contributed by atoms with E-state index in [1.165, 1.54) is 37.1 Å². The van der Waals surface area contributed by atoms with Gasteiger partial charge < -0.3 is 10.1 Å². The maximum absolute atomic E-state index is 12.3. The Labute approximate surface area is 162 Å². The van der Waals surface area contributed by atoms with Gasteiger partial charge in [0.15, 0.2) is 0 Å². The van der Waals surface area contributed by atoms with Gasteiger partial charge in [0.1, 0.15) is 5.75 Å². The van der Waals surface area contributed by atoms with Crippen LogP contribution in [0.25, 0.3) is 0 Å². The second-order valence-electron chi connectivity index (χ2n) is 7.33. The molecular formula is C23H30N2O2. The predicted molar refractivity (Wildman–Crippen MR) is 109 cm³/mol. The molecule has 0 bridgehead atoms. The Morgan fingerprint density at radius 2 is 1.85 bits per heavy atom. The zero-order valence-corrected chi connectivity index (χ0v) is 16.5. The first-order chi connectivity index (χ1) is 13.2. The van der Waals surface area contributed by atoms with Crippen molar-refractivity contribution < 1.29 is 9.53 Å². The minimum absolute atomic E-state index is 0.0967. The summed E-state index contributed by atoms with van der Waals surface area (Å²) in [6.07, 6.45) is 3.83. The number of carbonyl (C=O) groups is 1. The quantitative estimate of drug-likeness (QED) is 0.772. The van der Waals surface area contributed by atoms with E-state index in [0.717, 1.165) is 29.8 Å². The Balaban J connectivity index is 1.49. The molecule has 1 N–H and O–H groups in total. The van der Waals surface area contributed by atoms with Gasteiger partial charge in [0.2, 0.25) is 5.91 Å². The highest BCUT2D eigenvalue weighted by atomic mass is 16.5. The van der Waals surface area contributed by atoms with Crippen LogP contribution < -0.4 is 10.1 Å². The number of ether oxygens (including phenoxy) is 1. The van der Waals surface area contributed by atoms with Gasteiger partial charge in [-0.15, -0.1) is 0 Å². The second kappa shape index (κ2) is 9.56. The van der Waals surface area contributed by atoms with Gasteiger partial charge in [-0.05, 0) is 67.6 Å². The summed E-state index contributed by atoms with van der Waals surface area (Å²) >= 11 is 0. The third-order valence-corrected chi connectivity index (χ3v) is 5.29. The van der Waals surface area contributed by atoms with Crippen molar-refractivity contribution in [3.05, 3.63) is 64.7 Å². The average molecular weight is 367 g/mol. The van der Waals surface area contributed by atoms with E-state index in [2.05, 4.69) is 40.5 Å². The first-order valence-electron chi connectivity index (χ1n) is 9.85. The van der Waals surface area contributed by atoms with Crippen molar-refractivity contribution in [2.24, 2.45) is 0 Å². The molecule has 27 heavy (non-hydrogen) atoms. The van der Waals surface area contributed by atoms with Crippen molar-refractivity contribution in [1.29, 1.82) is 0 Å². The number of hydrogen-bond donors (Lipinski definition) is 1. The minimum atomic E-state index is 0.0967. The Morgan fingerprint density at radius 3 is 2.56 bits per heavy atom. The number of rotatable bonds is 8. The summed E-state index contributed by atoms with van der Waals surface area (Å²) in [5.74, 6) is 0.984. The van der Waals surface area contributed by atoms with Crippen LogP contribution in [-0.2, 0) is 24.3 Å². The van der Waals surface area contributed by atoms with Crippen LogP contribution in [0.1, 0.15) is 41.5 Å². The van der Waals surface area contributed by atoms with Crippen molar-refractivity contribution in [3.8, 4) is 5.75 Å². The molecule has 0 atom stereocenters.